The quantitative estimate of drug-likeness (QED) is 0.744. The van der Waals surface area contributed by atoms with Crippen LogP contribution in [0.5, 0.6) is 0 Å². The Bertz CT molecular complexity index is 940. The number of pyridine rings is 1. The topological polar surface area (TPSA) is 98.7 Å². The molecule has 1 aliphatic heterocycles. The van der Waals surface area contributed by atoms with Gasteiger partial charge in [0.1, 0.15) is 5.82 Å². The highest BCUT2D eigenvalue weighted by Crippen LogP contribution is 2.33. The number of nitrogens with zero attached hydrogens (tertiary/aromatic N) is 4. The standard InChI is InChI=1S/C17H15FN6O/c18-11-1-2-14-13(9-11)12(5-8-21-14)16(25)24-17(19)22-15(23-24)10-3-6-20-7-4-10/h1-4,6-7,9,12,21H,5,8H2,(H2,19,22,23)/t12-/m0/s1. The molecule has 3 aromatic rings. The van der Waals surface area contributed by atoms with Crippen LogP contribution in [0.4, 0.5) is 16.0 Å². The Hall–Kier alpha value is -3.29. The summed E-state index contributed by atoms with van der Waals surface area (Å²) < 4.78 is 14.7. The summed E-state index contributed by atoms with van der Waals surface area (Å²) >= 11 is 0. The van der Waals surface area contributed by atoms with E-state index in [1.54, 1.807) is 30.6 Å². The summed E-state index contributed by atoms with van der Waals surface area (Å²) in [4.78, 5) is 21.1. The molecule has 8 heteroatoms. The average Bonchev–Trinajstić information content (AvgIpc) is 3.03. The van der Waals surface area contributed by atoms with Gasteiger partial charge in [-0.15, -0.1) is 5.10 Å². The van der Waals surface area contributed by atoms with E-state index in [-0.39, 0.29) is 17.7 Å². The zero-order chi connectivity index (χ0) is 17.4. The van der Waals surface area contributed by atoms with Crippen LogP contribution >= 0.6 is 0 Å². The Balaban J connectivity index is 1.71. The molecular weight excluding hydrogens is 323 g/mol. The molecule has 0 radical (unpaired) electrons. The highest BCUT2D eigenvalue weighted by atomic mass is 19.1. The van der Waals surface area contributed by atoms with Crippen molar-refractivity contribution in [3.63, 3.8) is 0 Å². The van der Waals surface area contributed by atoms with Crippen molar-refractivity contribution in [3.8, 4) is 11.4 Å². The number of nitrogens with one attached hydrogen (secondary N) is 1. The molecule has 1 aromatic carbocycles. The number of aromatic nitrogens is 4. The maximum Gasteiger partial charge on any atom is 0.257 e. The minimum absolute atomic E-state index is 0.00768. The van der Waals surface area contributed by atoms with Gasteiger partial charge < -0.3 is 11.1 Å². The summed E-state index contributed by atoms with van der Waals surface area (Å²) in [6.07, 6.45) is 3.75. The molecule has 1 atom stereocenters. The van der Waals surface area contributed by atoms with Gasteiger partial charge in [0.25, 0.3) is 5.91 Å². The Kier molecular flexibility index (Phi) is 3.64. The number of fused-ring (bicyclic) bond motifs is 1. The van der Waals surface area contributed by atoms with Crippen molar-refractivity contribution in [2.45, 2.75) is 12.3 Å². The first-order valence-electron chi connectivity index (χ1n) is 7.84. The second-order valence-corrected chi connectivity index (χ2v) is 5.78. The van der Waals surface area contributed by atoms with Gasteiger partial charge in [-0.3, -0.25) is 9.78 Å². The number of nitrogens with two attached hydrogens (primary N) is 1. The van der Waals surface area contributed by atoms with E-state index in [1.807, 2.05) is 0 Å². The summed E-state index contributed by atoms with van der Waals surface area (Å²) in [5, 5.41) is 7.41. The second-order valence-electron chi connectivity index (χ2n) is 5.78. The van der Waals surface area contributed by atoms with Crippen molar-refractivity contribution in [1.82, 2.24) is 19.7 Å². The van der Waals surface area contributed by atoms with Gasteiger partial charge in [0.05, 0.1) is 5.92 Å². The molecule has 0 spiro atoms. The average molecular weight is 338 g/mol. The van der Waals surface area contributed by atoms with Gasteiger partial charge in [-0.05, 0) is 42.3 Å². The molecule has 3 heterocycles. The molecule has 1 aliphatic rings. The van der Waals surface area contributed by atoms with E-state index < -0.39 is 5.92 Å². The first-order chi connectivity index (χ1) is 12.1. The molecule has 0 saturated carbocycles. The summed E-state index contributed by atoms with van der Waals surface area (Å²) in [5.41, 5.74) is 7.97. The summed E-state index contributed by atoms with van der Waals surface area (Å²) in [5.74, 6) is -0.876. The number of hydrogen-bond acceptors (Lipinski definition) is 6. The number of rotatable bonds is 2. The molecule has 4 rings (SSSR count). The number of carbonyl (C=O) groups is 1. The van der Waals surface area contributed by atoms with Crippen molar-refractivity contribution < 1.29 is 9.18 Å². The molecule has 0 aliphatic carbocycles. The van der Waals surface area contributed by atoms with Crippen LogP contribution in [0.25, 0.3) is 11.4 Å². The van der Waals surface area contributed by atoms with E-state index in [9.17, 15) is 9.18 Å². The van der Waals surface area contributed by atoms with Crippen LogP contribution < -0.4 is 11.1 Å². The molecule has 0 amide bonds. The van der Waals surface area contributed by atoms with Crippen LogP contribution in [0.3, 0.4) is 0 Å². The van der Waals surface area contributed by atoms with Crippen LogP contribution in [0.1, 0.15) is 22.7 Å². The lowest BCUT2D eigenvalue weighted by Crippen LogP contribution is -2.28. The molecule has 0 bridgehead atoms. The lowest BCUT2D eigenvalue weighted by molar-refractivity contribution is 0.0859. The number of benzene rings is 1. The molecule has 0 saturated heterocycles. The molecule has 0 unspecified atom stereocenters. The fourth-order valence-electron chi connectivity index (χ4n) is 3.00. The molecule has 3 N–H and O–H groups in total. The smallest absolute Gasteiger partial charge is 0.257 e. The van der Waals surface area contributed by atoms with Gasteiger partial charge >= 0.3 is 0 Å². The second kappa shape index (κ2) is 5.97. The minimum Gasteiger partial charge on any atom is -0.385 e. The fraction of sp³-hybridized carbons (Fsp3) is 0.176. The molecule has 126 valence electrons. The van der Waals surface area contributed by atoms with E-state index in [1.165, 1.54) is 12.1 Å². The highest BCUT2D eigenvalue weighted by molar-refractivity contribution is 5.89. The Morgan fingerprint density at radius 3 is 2.88 bits per heavy atom. The fourth-order valence-corrected chi connectivity index (χ4v) is 3.00. The van der Waals surface area contributed by atoms with Gasteiger partial charge in [-0.1, -0.05) is 0 Å². The summed E-state index contributed by atoms with van der Waals surface area (Å²) in [7, 11) is 0. The van der Waals surface area contributed by atoms with Gasteiger partial charge in [-0.2, -0.15) is 9.67 Å². The third-order valence-corrected chi connectivity index (χ3v) is 4.22. The third-order valence-electron chi connectivity index (χ3n) is 4.22. The summed E-state index contributed by atoms with van der Waals surface area (Å²) in [6.45, 7) is 0.612. The first-order valence-corrected chi connectivity index (χ1v) is 7.84. The lowest BCUT2D eigenvalue weighted by atomic mass is 9.90. The lowest BCUT2D eigenvalue weighted by Gasteiger charge is -2.25. The predicted molar refractivity (Wildman–Crippen MR) is 90.5 cm³/mol. The molecule has 2 aromatic heterocycles. The van der Waals surface area contributed by atoms with Gasteiger partial charge in [-0.25, -0.2) is 4.39 Å². The van der Waals surface area contributed by atoms with Crippen molar-refractivity contribution in [2.75, 3.05) is 17.6 Å². The van der Waals surface area contributed by atoms with E-state index in [2.05, 4.69) is 20.4 Å². The minimum atomic E-state index is -0.527. The van der Waals surface area contributed by atoms with Crippen molar-refractivity contribution in [1.29, 1.82) is 0 Å². The zero-order valence-electron chi connectivity index (χ0n) is 13.2. The number of hydrogen-bond donors (Lipinski definition) is 2. The largest absolute Gasteiger partial charge is 0.385 e. The van der Waals surface area contributed by atoms with E-state index >= 15 is 0 Å². The van der Waals surface area contributed by atoms with Crippen LogP contribution in [-0.4, -0.2) is 32.2 Å². The number of halogens is 1. The van der Waals surface area contributed by atoms with E-state index in [4.69, 9.17) is 5.73 Å². The molecule has 25 heavy (non-hydrogen) atoms. The SMILES string of the molecule is Nc1nc(-c2ccncc2)nn1C(=O)[C@H]1CCNc2ccc(F)cc21. The van der Waals surface area contributed by atoms with Crippen LogP contribution in [0.2, 0.25) is 0 Å². The normalized spacial score (nSPS) is 16.1. The van der Waals surface area contributed by atoms with Gasteiger partial charge in [0.2, 0.25) is 5.95 Å². The maximum absolute atomic E-state index is 13.6. The Morgan fingerprint density at radius 2 is 2.08 bits per heavy atom. The van der Waals surface area contributed by atoms with Crippen LogP contribution in [0, 0.1) is 5.82 Å². The monoisotopic (exact) mass is 338 g/mol. The molecule has 7 nitrogen and oxygen atoms in total. The van der Waals surface area contributed by atoms with Gasteiger partial charge in [0.15, 0.2) is 5.82 Å². The maximum atomic E-state index is 13.6. The van der Waals surface area contributed by atoms with E-state index in [0.717, 1.165) is 10.4 Å². The summed E-state index contributed by atoms with van der Waals surface area (Å²) in [6, 6.07) is 7.85. The highest BCUT2D eigenvalue weighted by Gasteiger charge is 2.30. The molecular formula is C17H15FN6O. The van der Waals surface area contributed by atoms with Crippen LogP contribution in [-0.2, 0) is 0 Å². The molecule has 0 fully saturated rings. The van der Waals surface area contributed by atoms with Crippen molar-refractivity contribution >= 4 is 17.5 Å². The van der Waals surface area contributed by atoms with Crippen molar-refractivity contribution in [2.24, 2.45) is 0 Å². The first kappa shape index (κ1) is 15.3. The van der Waals surface area contributed by atoms with Crippen molar-refractivity contribution in [3.05, 3.63) is 54.1 Å². The number of anilines is 2. The third kappa shape index (κ3) is 2.71. The number of nitrogen functional groups attached to an aromatic ring is 1. The number of carbonyl (C=O) groups excluding carboxylic acids is 1. The van der Waals surface area contributed by atoms with Gasteiger partial charge in [0, 0.05) is 30.2 Å². The Morgan fingerprint density at radius 1 is 1.28 bits per heavy atom. The van der Waals surface area contributed by atoms with Crippen LogP contribution in [0.15, 0.2) is 42.7 Å². The predicted octanol–water partition coefficient (Wildman–Crippen LogP) is 2.30. The zero-order valence-corrected chi connectivity index (χ0v) is 13.2. The van der Waals surface area contributed by atoms with E-state index in [0.29, 0.717) is 29.9 Å². The Labute approximate surface area is 142 Å².